The maximum absolute atomic E-state index is 11.9. The molecule has 1 aliphatic heterocycles. The van der Waals surface area contributed by atoms with Crippen LogP contribution in [-0.2, 0) is 6.54 Å². The zero-order chi connectivity index (χ0) is 13.8. The predicted molar refractivity (Wildman–Crippen MR) is 75.5 cm³/mol. The molecule has 1 aromatic carbocycles. The van der Waals surface area contributed by atoms with E-state index in [2.05, 4.69) is 5.32 Å². The number of benzene rings is 1. The van der Waals surface area contributed by atoms with Crippen LogP contribution < -0.4 is 5.32 Å². The van der Waals surface area contributed by atoms with Crippen molar-refractivity contribution in [3.63, 3.8) is 0 Å². The number of aliphatic hydroxyl groups is 1. The van der Waals surface area contributed by atoms with Crippen LogP contribution in [-0.4, -0.2) is 35.2 Å². The smallest absolute Gasteiger partial charge is 0.317 e. The first-order valence-corrected chi connectivity index (χ1v) is 6.97. The zero-order valence-corrected chi connectivity index (χ0v) is 11.9. The molecule has 0 saturated carbocycles. The van der Waals surface area contributed by atoms with Crippen molar-refractivity contribution in [2.75, 3.05) is 13.1 Å². The van der Waals surface area contributed by atoms with Crippen LogP contribution in [0.3, 0.4) is 0 Å². The molecule has 1 aromatic rings. The van der Waals surface area contributed by atoms with Gasteiger partial charge in [-0.2, -0.15) is 0 Å². The molecule has 0 radical (unpaired) electrons. The molecular formula is C13H16Cl2N2O2. The maximum Gasteiger partial charge on any atom is 0.317 e. The number of rotatable bonds is 2. The van der Waals surface area contributed by atoms with Crippen LogP contribution in [0.4, 0.5) is 4.79 Å². The van der Waals surface area contributed by atoms with Crippen molar-refractivity contribution in [2.24, 2.45) is 0 Å². The molecule has 0 spiro atoms. The molecule has 19 heavy (non-hydrogen) atoms. The van der Waals surface area contributed by atoms with E-state index in [4.69, 9.17) is 23.2 Å². The van der Waals surface area contributed by atoms with Gasteiger partial charge in [-0.25, -0.2) is 4.79 Å². The summed E-state index contributed by atoms with van der Waals surface area (Å²) in [5, 5.41) is 13.3. The van der Waals surface area contributed by atoms with Gasteiger partial charge >= 0.3 is 6.03 Å². The molecule has 6 heteroatoms. The summed E-state index contributed by atoms with van der Waals surface area (Å²) >= 11 is 12.1. The quantitative estimate of drug-likeness (QED) is 0.882. The van der Waals surface area contributed by atoms with E-state index in [0.29, 0.717) is 42.5 Å². The predicted octanol–water partition coefficient (Wildman–Crippen LogP) is 2.66. The number of hydrogen-bond acceptors (Lipinski definition) is 2. The average molecular weight is 303 g/mol. The van der Waals surface area contributed by atoms with Gasteiger partial charge in [-0.1, -0.05) is 29.3 Å². The van der Waals surface area contributed by atoms with E-state index >= 15 is 0 Å². The van der Waals surface area contributed by atoms with E-state index in [9.17, 15) is 9.90 Å². The number of halogens is 2. The number of carbonyl (C=O) groups is 1. The van der Waals surface area contributed by atoms with Crippen molar-refractivity contribution in [1.82, 2.24) is 10.2 Å². The van der Waals surface area contributed by atoms with Crippen molar-refractivity contribution in [1.29, 1.82) is 0 Å². The number of amides is 2. The third-order valence-corrected chi connectivity index (χ3v) is 3.94. The van der Waals surface area contributed by atoms with Crippen molar-refractivity contribution in [3.05, 3.63) is 33.8 Å². The Bertz CT molecular complexity index is 440. The minimum Gasteiger partial charge on any atom is -0.393 e. The van der Waals surface area contributed by atoms with Crippen LogP contribution in [0, 0.1) is 0 Å². The Kier molecular flexibility index (Phi) is 4.91. The number of urea groups is 1. The normalized spacial score (nSPS) is 16.5. The van der Waals surface area contributed by atoms with E-state index in [0.717, 1.165) is 5.56 Å². The van der Waals surface area contributed by atoms with Gasteiger partial charge in [0.15, 0.2) is 0 Å². The number of piperidine rings is 1. The molecule has 1 saturated heterocycles. The third-order valence-electron chi connectivity index (χ3n) is 3.23. The first-order valence-electron chi connectivity index (χ1n) is 6.21. The van der Waals surface area contributed by atoms with Crippen molar-refractivity contribution in [3.8, 4) is 0 Å². The fourth-order valence-electron chi connectivity index (χ4n) is 2.05. The number of nitrogens with one attached hydrogen (secondary N) is 1. The van der Waals surface area contributed by atoms with Gasteiger partial charge in [-0.3, -0.25) is 0 Å². The summed E-state index contributed by atoms with van der Waals surface area (Å²) in [6.45, 7) is 1.45. The van der Waals surface area contributed by atoms with E-state index in [1.807, 2.05) is 0 Å². The molecular weight excluding hydrogens is 287 g/mol. The highest BCUT2D eigenvalue weighted by atomic mass is 35.5. The SMILES string of the molecule is O=C(NCc1c(Cl)cccc1Cl)N1CCC(O)CC1. The van der Waals surface area contributed by atoms with Crippen LogP contribution in [0.1, 0.15) is 18.4 Å². The fourth-order valence-corrected chi connectivity index (χ4v) is 2.58. The van der Waals surface area contributed by atoms with Gasteiger partial charge in [0, 0.05) is 35.2 Å². The first-order chi connectivity index (χ1) is 9.08. The lowest BCUT2D eigenvalue weighted by Gasteiger charge is -2.29. The number of nitrogens with zero attached hydrogens (tertiary/aromatic N) is 1. The van der Waals surface area contributed by atoms with Crippen molar-refractivity contribution < 1.29 is 9.90 Å². The summed E-state index contributed by atoms with van der Waals surface area (Å²) in [5.41, 5.74) is 0.719. The second-order valence-electron chi connectivity index (χ2n) is 4.58. The van der Waals surface area contributed by atoms with Gasteiger partial charge in [0.25, 0.3) is 0 Å². The minimum absolute atomic E-state index is 0.150. The summed E-state index contributed by atoms with van der Waals surface area (Å²) in [5.74, 6) is 0. The molecule has 1 heterocycles. The average Bonchev–Trinajstić information content (AvgIpc) is 2.38. The highest BCUT2D eigenvalue weighted by Crippen LogP contribution is 2.24. The second-order valence-corrected chi connectivity index (χ2v) is 5.39. The van der Waals surface area contributed by atoms with E-state index in [1.165, 1.54) is 0 Å². The topological polar surface area (TPSA) is 52.6 Å². The molecule has 2 amide bonds. The standard InChI is InChI=1S/C13H16Cl2N2O2/c14-11-2-1-3-12(15)10(11)8-16-13(19)17-6-4-9(18)5-7-17/h1-3,9,18H,4-8H2,(H,16,19). The lowest BCUT2D eigenvalue weighted by atomic mass is 10.1. The largest absolute Gasteiger partial charge is 0.393 e. The minimum atomic E-state index is -0.290. The summed E-state index contributed by atoms with van der Waals surface area (Å²) in [7, 11) is 0. The summed E-state index contributed by atoms with van der Waals surface area (Å²) < 4.78 is 0. The Balaban J connectivity index is 1.90. The molecule has 104 valence electrons. The van der Waals surface area contributed by atoms with Gasteiger partial charge in [0.1, 0.15) is 0 Å². The number of likely N-dealkylation sites (tertiary alicyclic amines) is 1. The molecule has 4 nitrogen and oxygen atoms in total. The monoisotopic (exact) mass is 302 g/mol. The molecule has 0 aliphatic carbocycles. The molecule has 2 rings (SSSR count). The summed E-state index contributed by atoms with van der Waals surface area (Å²) in [6.07, 6.45) is 0.961. The van der Waals surface area contributed by atoms with Gasteiger partial charge in [0.2, 0.25) is 0 Å². The highest BCUT2D eigenvalue weighted by molar-refractivity contribution is 6.36. The summed E-state index contributed by atoms with van der Waals surface area (Å²) in [4.78, 5) is 13.6. The molecule has 0 unspecified atom stereocenters. The van der Waals surface area contributed by atoms with Crippen LogP contribution in [0.25, 0.3) is 0 Å². The molecule has 0 bridgehead atoms. The van der Waals surface area contributed by atoms with Crippen molar-refractivity contribution >= 4 is 29.2 Å². The summed E-state index contributed by atoms with van der Waals surface area (Å²) in [6, 6.07) is 5.10. The van der Waals surface area contributed by atoms with Crippen LogP contribution in [0.2, 0.25) is 10.0 Å². The number of hydrogen-bond donors (Lipinski definition) is 2. The first kappa shape index (κ1) is 14.4. The Morgan fingerprint density at radius 1 is 1.32 bits per heavy atom. The van der Waals surface area contributed by atoms with Crippen LogP contribution >= 0.6 is 23.2 Å². The Hall–Kier alpha value is -0.970. The Morgan fingerprint density at radius 3 is 2.47 bits per heavy atom. The Morgan fingerprint density at radius 2 is 1.89 bits per heavy atom. The molecule has 2 N–H and O–H groups in total. The van der Waals surface area contributed by atoms with E-state index < -0.39 is 0 Å². The lowest BCUT2D eigenvalue weighted by molar-refractivity contribution is 0.0936. The third kappa shape index (κ3) is 3.75. The number of carbonyl (C=O) groups excluding carboxylic acids is 1. The van der Waals surface area contributed by atoms with Crippen LogP contribution in [0.5, 0.6) is 0 Å². The molecule has 0 aromatic heterocycles. The van der Waals surface area contributed by atoms with Crippen LogP contribution in [0.15, 0.2) is 18.2 Å². The van der Waals surface area contributed by atoms with Gasteiger partial charge in [-0.15, -0.1) is 0 Å². The second kappa shape index (κ2) is 6.46. The Labute approximate surface area is 122 Å². The fraction of sp³-hybridized carbons (Fsp3) is 0.462. The maximum atomic E-state index is 11.9. The van der Waals surface area contributed by atoms with E-state index in [-0.39, 0.29) is 12.1 Å². The van der Waals surface area contributed by atoms with Gasteiger partial charge < -0.3 is 15.3 Å². The van der Waals surface area contributed by atoms with Gasteiger partial charge in [-0.05, 0) is 25.0 Å². The van der Waals surface area contributed by atoms with Gasteiger partial charge in [0.05, 0.1) is 6.10 Å². The zero-order valence-electron chi connectivity index (χ0n) is 10.4. The highest BCUT2D eigenvalue weighted by Gasteiger charge is 2.21. The lowest BCUT2D eigenvalue weighted by Crippen LogP contribution is -2.45. The molecule has 1 aliphatic rings. The van der Waals surface area contributed by atoms with E-state index in [1.54, 1.807) is 23.1 Å². The molecule has 0 atom stereocenters. The van der Waals surface area contributed by atoms with Crippen molar-refractivity contribution in [2.45, 2.75) is 25.5 Å². The number of aliphatic hydroxyl groups excluding tert-OH is 1. The molecule has 1 fully saturated rings.